The number of hydrogen-bond donors (Lipinski definition) is 0. The van der Waals surface area contributed by atoms with Gasteiger partial charge in [0.05, 0.1) is 18.1 Å². The molecule has 6 aromatic carbocycles. The predicted molar refractivity (Wildman–Crippen MR) is 176 cm³/mol. The van der Waals surface area contributed by atoms with Crippen molar-refractivity contribution in [3.63, 3.8) is 0 Å². The Morgan fingerprint density at radius 1 is 0.419 bits per heavy atom. The van der Waals surface area contributed by atoms with Crippen molar-refractivity contribution in [2.75, 3.05) is 0 Å². The predicted octanol–water partition coefficient (Wildman–Crippen LogP) is 9.64. The maximum atomic E-state index is 8.34. The van der Waals surface area contributed by atoms with E-state index in [2.05, 4.69) is 71.3 Å². The van der Waals surface area contributed by atoms with Crippen molar-refractivity contribution in [3.8, 4) is 51.0 Å². The molecule has 202 valence electrons. The topological polar surface area (TPSA) is 43.6 Å². The third kappa shape index (κ3) is 4.46. The molecule has 0 aliphatic heterocycles. The molecule has 0 radical (unpaired) electrons. The molecule has 0 bridgehead atoms. The first-order valence-corrected chi connectivity index (χ1v) is 14.3. The van der Waals surface area contributed by atoms with Crippen LogP contribution in [0.3, 0.4) is 0 Å². The summed E-state index contributed by atoms with van der Waals surface area (Å²) in [6.07, 6.45) is 0. The summed E-state index contributed by atoms with van der Waals surface area (Å²) in [5, 5.41) is 2.16. The Kier molecular flexibility index (Phi) is 5.82. The quantitative estimate of drug-likeness (QED) is 0.214. The van der Waals surface area contributed by atoms with Gasteiger partial charge in [-0.2, -0.15) is 0 Å². The number of hydrogen-bond acceptors (Lipinski definition) is 3. The minimum atomic E-state index is 0.490. The lowest BCUT2D eigenvalue weighted by molar-refractivity contribution is 1.07. The molecule has 2 aromatic heterocycles. The van der Waals surface area contributed by atoms with Crippen LogP contribution in [0.4, 0.5) is 0 Å². The largest absolute Gasteiger partial charge is 0.309 e. The molecule has 8 aromatic rings. The van der Waals surface area contributed by atoms with Crippen LogP contribution in [0, 0.1) is 0 Å². The minimum Gasteiger partial charge on any atom is -0.309 e. The molecule has 0 unspecified atom stereocenters. The number of fused-ring (bicyclic) bond motifs is 3. The van der Waals surface area contributed by atoms with Crippen LogP contribution in [0.2, 0.25) is 0 Å². The van der Waals surface area contributed by atoms with Gasteiger partial charge in [0.25, 0.3) is 0 Å². The minimum absolute atomic E-state index is 0.490. The lowest BCUT2D eigenvalue weighted by atomic mass is 10.0. The number of rotatable bonds is 5. The molecule has 0 amide bonds. The van der Waals surface area contributed by atoms with E-state index in [4.69, 9.17) is 16.3 Å². The van der Waals surface area contributed by atoms with Gasteiger partial charge in [-0.05, 0) is 23.8 Å². The molecule has 0 N–H and O–H groups in total. The van der Waals surface area contributed by atoms with Gasteiger partial charge < -0.3 is 4.57 Å². The number of benzene rings is 6. The van der Waals surface area contributed by atoms with Crippen LogP contribution in [0.25, 0.3) is 72.8 Å². The Morgan fingerprint density at radius 2 is 0.907 bits per heavy atom. The molecule has 0 aliphatic rings. The van der Waals surface area contributed by atoms with E-state index in [9.17, 15) is 0 Å². The van der Waals surface area contributed by atoms with Crippen molar-refractivity contribution in [2.24, 2.45) is 0 Å². The highest BCUT2D eigenvalue weighted by molar-refractivity contribution is 6.09. The van der Waals surface area contributed by atoms with Crippen LogP contribution >= 0.6 is 0 Å². The van der Waals surface area contributed by atoms with Crippen LogP contribution in [0.1, 0.15) is 1.37 Å². The first kappa shape index (κ1) is 23.8. The van der Waals surface area contributed by atoms with Gasteiger partial charge in [0.15, 0.2) is 17.5 Å². The van der Waals surface area contributed by atoms with E-state index >= 15 is 0 Å². The highest BCUT2D eigenvalue weighted by Gasteiger charge is 2.18. The Morgan fingerprint density at radius 3 is 1.53 bits per heavy atom. The molecule has 43 heavy (non-hydrogen) atoms. The second-order valence-corrected chi connectivity index (χ2v) is 10.4. The zero-order chi connectivity index (χ0) is 29.5. The average Bonchev–Trinajstić information content (AvgIpc) is 3.42. The summed E-state index contributed by atoms with van der Waals surface area (Å²) >= 11 is 0. The fourth-order valence-corrected chi connectivity index (χ4v) is 5.77. The fourth-order valence-electron chi connectivity index (χ4n) is 5.77. The Hall–Kier alpha value is -5.87. The number of aromatic nitrogens is 4. The third-order valence-electron chi connectivity index (χ3n) is 7.80. The van der Waals surface area contributed by atoms with Crippen molar-refractivity contribution >= 4 is 21.8 Å². The summed E-state index contributed by atoms with van der Waals surface area (Å²) in [7, 11) is 0. The molecule has 0 aliphatic carbocycles. The second kappa shape index (κ2) is 10.5. The molecular weight excluding hydrogens is 524 g/mol. The van der Waals surface area contributed by atoms with Crippen LogP contribution in [-0.2, 0) is 0 Å². The monoisotopic (exact) mass is 551 g/mol. The zero-order valence-electron chi connectivity index (χ0n) is 24.2. The lowest BCUT2D eigenvalue weighted by Gasteiger charge is -2.16. The van der Waals surface area contributed by atoms with Gasteiger partial charge in [-0.3, -0.25) is 0 Å². The van der Waals surface area contributed by atoms with E-state index in [1.165, 1.54) is 0 Å². The Balaban J connectivity index is 1.41. The smallest absolute Gasteiger partial charge is 0.164 e. The van der Waals surface area contributed by atoms with E-state index in [1.54, 1.807) is 0 Å². The van der Waals surface area contributed by atoms with Gasteiger partial charge in [-0.15, -0.1) is 0 Å². The molecular formula is C39H26N4. The maximum Gasteiger partial charge on any atom is 0.164 e. The summed E-state index contributed by atoms with van der Waals surface area (Å²) in [6.45, 7) is 0. The zero-order valence-corrected chi connectivity index (χ0v) is 23.2. The van der Waals surface area contributed by atoms with E-state index < -0.39 is 0 Å². The van der Waals surface area contributed by atoms with Gasteiger partial charge in [0.2, 0.25) is 0 Å². The van der Waals surface area contributed by atoms with Crippen LogP contribution in [-0.4, -0.2) is 19.5 Å². The van der Waals surface area contributed by atoms with Crippen LogP contribution in [0.15, 0.2) is 158 Å². The second-order valence-electron chi connectivity index (χ2n) is 10.4. The number of nitrogens with zero attached hydrogens (tertiary/aromatic N) is 4. The van der Waals surface area contributed by atoms with Crippen molar-refractivity contribution in [3.05, 3.63) is 158 Å². The first-order chi connectivity index (χ1) is 21.7. The molecule has 8 rings (SSSR count). The van der Waals surface area contributed by atoms with E-state index in [1.807, 2.05) is 84.9 Å². The van der Waals surface area contributed by atoms with E-state index in [0.717, 1.165) is 55.3 Å². The van der Waals surface area contributed by atoms with Gasteiger partial charge >= 0.3 is 0 Å². The highest BCUT2D eigenvalue weighted by atomic mass is 15.0. The molecule has 0 spiro atoms. The molecule has 4 heteroatoms. The molecule has 4 nitrogen and oxygen atoms in total. The third-order valence-corrected chi connectivity index (χ3v) is 7.80. The van der Waals surface area contributed by atoms with Gasteiger partial charge in [0.1, 0.15) is 0 Å². The lowest BCUT2D eigenvalue weighted by Crippen LogP contribution is -2.02. The molecule has 0 saturated carbocycles. The van der Waals surface area contributed by atoms with Crippen molar-refractivity contribution < 1.29 is 1.37 Å². The van der Waals surface area contributed by atoms with Gasteiger partial charge in [0, 0.05) is 33.0 Å². The van der Waals surface area contributed by atoms with Crippen LogP contribution < -0.4 is 0 Å². The summed E-state index contributed by atoms with van der Waals surface area (Å²) in [4.78, 5) is 14.9. The van der Waals surface area contributed by atoms with Crippen molar-refractivity contribution in [1.29, 1.82) is 0 Å². The summed E-state index contributed by atoms with van der Waals surface area (Å²) in [5.41, 5.74) is 8.09. The summed E-state index contributed by atoms with van der Waals surface area (Å²) in [6, 6.07) is 51.7. The first-order valence-electron chi connectivity index (χ1n) is 14.8. The fraction of sp³-hybridized carbons (Fsp3) is 0. The Labute approximate surface area is 251 Å². The van der Waals surface area contributed by atoms with Crippen molar-refractivity contribution in [1.82, 2.24) is 19.5 Å². The molecule has 0 saturated heterocycles. The average molecular weight is 552 g/mol. The number of para-hydroxylation sites is 2. The van der Waals surface area contributed by atoms with Gasteiger partial charge in [-0.1, -0.05) is 140 Å². The maximum absolute atomic E-state index is 8.34. The normalized spacial score (nSPS) is 11.6. The molecule has 0 fully saturated rings. The summed E-state index contributed by atoms with van der Waals surface area (Å²) < 4.78 is 10.6. The SMILES string of the molecule is [2H]c1ccc2c(c1)c1ccccc1n2-c1cc(-c2nc(-c3ccccc3)nc(-c3ccccc3)n2)ccc1-c1ccccc1. The van der Waals surface area contributed by atoms with Gasteiger partial charge in [-0.25, -0.2) is 15.0 Å². The standard InChI is InChI=1S/C39H26N4/c1-4-14-27(15-5-1)31-25-24-30(26-36(31)43-34-22-12-10-20-32(34)33-21-11-13-23-35(33)43)39-41-37(28-16-6-2-7-17-28)40-38(42-39)29-18-8-3-9-19-29/h1-26H/i10D. The van der Waals surface area contributed by atoms with E-state index in [0.29, 0.717) is 23.5 Å². The van der Waals surface area contributed by atoms with E-state index in [-0.39, 0.29) is 0 Å². The molecule has 0 atom stereocenters. The Bertz CT molecular complexity index is 2220. The van der Waals surface area contributed by atoms with Crippen LogP contribution in [0.5, 0.6) is 0 Å². The van der Waals surface area contributed by atoms with Crippen molar-refractivity contribution in [2.45, 2.75) is 0 Å². The summed E-state index contributed by atoms with van der Waals surface area (Å²) in [5.74, 6) is 1.86. The molecule has 2 heterocycles. The highest BCUT2D eigenvalue weighted by Crippen LogP contribution is 2.38.